The van der Waals surface area contributed by atoms with E-state index in [0.717, 1.165) is 34.6 Å². The van der Waals surface area contributed by atoms with Crippen LogP contribution in [0.25, 0.3) is 0 Å². The average molecular weight is 331 g/mol. The summed E-state index contributed by atoms with van der Waals surface area (Å²) in [4.78, 5) is 15.3. The summed E-state index contributed by atoms with van der Waals surface area (Å²) in [6, 6.07) is 4.19. The molecule has 1 aromatic heterocycles. The third kappa shape index (κ3) is 3.56. The molecule has 2 heterocycles. The maximum absolute atomic E-state index is 12.2. The number of nitrogens with zero attached hydrogens (tertiary/aromatic N) is 1. The van der Waals surface area contributed by atoms with Crippen LogP contribution in [0.5, 0.6) is 0 Å². The van der Waals surface area contributed by atoms with Crippen molar-refractivity contribution in [3.63, 3.8) is 0 Å². The first-order valence-corrected chi connectivity index (χ1v) is 7.95. The molecule has 2 rings (SSSR count). The van der Waals surface area contributed by atoms with Crippen molar-refractivity contribution in [1.82, 2.24) is 4.90 Å². The van der Waals surface area contributed by atoms with Crippen molar-refractivity contribution in [1.29, 1.82) is 0 Å². The van der Waals surface area contributed by atoms with Crippen molar-refractivity contribution < 1.29 is 4.79 Å². The van der Waals surface area contributed by atoms with Crippen molar-refractivity contribution >= 4 is 33.2 Å². The van der Waals surface area contributed by atoms with Gasteiger partial charge in [-0.25, -0.2) is 0 Å². The molecule has 5 heteroatoms. The van der Waals surface area contributed by atoms with Gasteiger partial charge in [-0.15, -0.1) is 11.3 Å². The number of hydrogen-bond donors (Lipinski definition) is 1. The first-order valence-electron chi connectivity index (χ1n) is 6.34. The summed E-state index contributed by atoms with van der Waals surface area (Å²) in [5, 5.41) is 0. The van der Waals surface area contributed by atoms with Crippen LogP contribution in [-0.4, -0.2) is 29.9 Å². The molecule has 1 aliphatic heterocycles. The molecular weight excluding hydrogens is 312 g/mol. The number of amides is 1. The maximum atomic E-state index is 12.2. The predicted octanol–water partition coefficient (Wildman–Crippen LogP) is 2.64. The molecule has 1 saturated heterocycles. The lowest BCUT2D eigenvalue weighted by Gasteiger charge is -2.34. The number of thiophene rings is 1. The van der Waals surface area contributed by atoms with E-state index in [1.54, 1.807) is 11.3 Å². The van der Waals surface area contributed by atoms with E-state index in [9.17, 15) is 4.79 Å². The normalized spacial score (nSPS) is 21.9. The van der Waals surface area contributed by atoms with Gasteiger partial charge in [0.15, 0.2) is 0 Å². The minimum Gasteiger partial charge on any atom is -0.342 e. The van der Waals surface area contributed by atoms with Gasteiger partial charge in [-0.3, -0.25) is 4.79 Å². The Kier molecular flexibility index (Phi) is 4.81. The summed E-state index contributed by atoms with van der Waals surface area (Å²) in [7, 11) is 0. The molecule has 0 unspecified atom stereocenters. The molecule has 0 spiro atoms. The zero-order valence-electron chi connectivity index (χ0n) is 10.6. The standard InChI is InChI=1S/C13H19BrN2OS/c1-9(15)10-3-2-6-16(8-10)13(17)7-11-4-5-12(14)18-11/h4-5,9-10H,2-3,6-8,15H2,1H3/t9-,10-/m0/s1. The van der Waals surface area contributed by atoms with Gasteiger partial charge in [0.05, 0.1) is 10.2 Å². The quantitative estimate of drug-likeness (QED) is 0.926. The Morgan fingerprint density at radius 1 is 1.67 bits per heavy atom. The third-order valence-electron chi connectivity index (χ3n) is 3.51. The number of piperidine rings is 1. The van der Waals surface area contributed by atoms with Crippen molar-refractivity contribution in [2.24, 2.45) is 11.7 Å². The van der Waals surface area contributed by atoms with Gasteiger partial charge >= 0.3 is 0 Å². The number of nitrogens with two attached hydrogens (primary N) is 1. The maximum Gasteiger partial charge on any atom is 0.227 e. The number of halogens is 1. The lowest BCUT2D eigenvalue weighted by Crippen LogP contribution is -2.45. The first kappa shape index (κ1) is 14.0. The minimum absolute atomic E-state index is 0.177. The summed E-state index contributed by atoms with van der Waals surface area (Å²) >= 11 is 5.06. The molecule has 0 radical (unpaired) electrons. The molecule has 1 aliphatic rings. The van der Waals surface area contributed by atoms with Crippen molar-refractivity contribution in [3.8, 4) is 0 Å². The van der Waals surface area contributed by atoms with E-state index in [-0.39, 0.29) is 11.9 Å². The highest BCUT2D eigenvalue weighted by molar-refractivity contribution is 9.11. The first-order chi connectivity index (χ1) is 8.56. The van der Waals surface area contributed by atoms with Crippen LogP contribution in [0, 0.1) is 5.92 Å². The summed E-state index contributed by atoms with van der Waals surface area (Å²) in [5.74, 6) is 0.687. The van der Waals surface area contributed by atoms with Crippen LogP contribution in [0.2, 0.25) is 0 Å². The largest absolute Gasteiger partial charge is 0.342 e. The smallest absolute Gasteiger partial charge is 0.227 e. The van der Waals surface area contributed by atoms with Crippen LogP contribution < -0.4 is 5.73 Å². The molecule has 0 aromatic carbocycles. The fourth-order valence-corrected chi connectivity index (χ4v) is 3.85. The van der Waals surface area contributed by atoms with Gasteiger partial charge in [-0.1, -0.05) is 0 Å². The SMILES string of the molecule is C[C@H](N)[C@H]1CCCN(C(=O)Cc2ccc(Br)s2)C1. The summed E-state index contributed by atoms with van der Waals surface area (Å²) < 4.78 is 1.08. The van der Waals surface area contributed by atoms with Crippen molar-refractivity contribution in [2.45, 2.75) is 32.2 Å². The van der Waals surface area contributed by atoms with E-state index in [1.165, 1.54) is 0 Å². The lowest BCUT2D eigenvalue weighted by atomic mass is 9.92. The van der Waals surface area contributed by atoms with E-state index >= 15 is 0 Å². The van der Waals surface area contributed by atoms with Gasteiger partial charge < -0.3 is 10.6 Å². The van der Waals surface area contributed by atoms with Crippen LogP contribution >= 0.6 is 27.3 Å². The number of likely N-dealkylation sites (tertiary alicyclic amines) is 1. The lowest BCUT2D eigenvalue weighted by molar-refractivity contribution is -0.132. The van der Waals surface area contributed by atoms with Crippen LogP contribution in [0.3, 0.4) is 0 Å². The zero-order valence-corrected chi connectivity index (χ0v) is 13.0. The monoisotopic (exact) mass is 330 g/mol. The molecule has 2 atom stereocenters. The molecule has 2 N–H and O–H groups in total. The van der Waals surface area contributed by atoms with E-state index in [4.69, 9.17) is 5.73 Å². The highest BCUT2D eigenvalue weighted by atomic mass is 79.9. The molecule has 1 aromatic rings. The Morgan fingerprint density at radius 2 is 2.44 bits per heavy atom. The Balaban J connectivity index is 1.92. The van der Waals surface area contributed by atoms with Gasteiger partial charge in [0.25, 0.3) is 0 Å². The third-order valence-corrected chi connectivity index (χ3v) is 5.13. The Bertz CT molecular complexity index is 419. The molecule has 1 amide bonds. The molecule has 100 valence electrons. The summed E-state index contributed by atoms with van der Waals surface area (Å²) in [6.07, 6.45) is 2.74. The second kappa shape index (κ2) is 6.17. The van der Waals surface area contributed by atoms with Crippen LogP contribution in [0.4, 0.5) is 0 Å². The minimum atomic E-state index is 0.177. The molecule has 1 fully saturated rings. The zero-order chi connectivity index (χ0) is 13.1. The fourth-order valence-electron chi connectivity index (χ4n) is 2.37. The fraction of sp³-hybridized carbons (Fsp3) is 0.615. The van der Waals surface area contributed by atoms with Crippen LogP contribution in [0.15, 0.2) is 15.9 Å². The Hall–Kier alpha value is -0.390. The molecular formula is C13H19BrN2OS. The van der Waals surface area contributed by atoms with Gasteiger partial charge in [0, 0.05) is 24.0 Å². The highest BCUT2D eigenvalue weighted by Gasteiger charge is 2.25. The van der Waals surface area contributed by atoms with Gasteiger partial charge in [-0.05, 0) is 53.7 Å². The van der Waals surface area contributed by atoms with Gasteiger partial charge in [-0.2, -0.15) is 0 Å². The number of rotatable bonds is 3. The number of carbonyl (C=O) groups excluding carboxylic acids is 1. The highest BCUT2D eigenvalue weighted by Crippen LogP contribution is 2.24. The van der Waals surface area contributed by atoms with Gasteiger partial charge in [0.2, 0.25) is 5.91 Å². The summed E-state index contributed by atoms with van der Waals surface area (Å²) in [5.41, 5.74) is 5.94. The molecule has 0 aliphatic carbocycles. The molecule has 3 nitrogen and oxygen atoms in total. The van der Waals surface area contributed by atoms with E-state index < -0.39 is 0 Å². The van der Waals surface area contributed by atoms with Crippen LogP contribution in [0.1, 0.15) is 24.6 Å². The Morgan fingerprint density at radius 3 is 3.06 bits per heavy atom. The van der Waals surface area contributed by atoms with Crippen molar-refractivity contribution in [2.75, 3.05) is 13.1 Å². The topological polar surface area (TPSA) is 46.3 Å². The van der Waals surface area contributed by atoms with E-state index in [1.807, 2.05) is 24.0 Å². The Labute approximate surface area is 120 Å². The summed E-state index contributed by atoms with van der Waals surface area (Å²) in [6.45, 7) is 3.74. The second-order valence-corrected chi connectivity index (χ2v) is 7.53. The predicted molar refractivity (Wildman–Crippen MR) is 78.7 cm³/mol. The molecule has 0 saturated carbocycles. The molecule has 18 heavy (non-hydrogen) atoms. The van der Waals surface area contributed by atoms with Gasteiger partial charge in [0.1, 0.15) is 0 Å². The molecule has 0 bridgehead atoms. The number of hydrogen-bond acceptors (Lipinski definition) is 3. The van der Waals surface area contributed by atoms with E-state index in [2.05, 4.69) is 15.9 Å². The number of carbonyl (C=O) groups is 1. The van der Waals surface area contributed by atoms with E-state index in [0.29, 0.717) is 12.3 Å². The average Bonchev–Trinajstić information content (AvgIpc) is 2.75. The van der Waals surface area contributed by atoms with Crippen molar-refractivity contribution in [3.05, 3.63) is 20.8 Å². The second-order valence-electron chi connectivity index (χ2n) is 4.98. The van der Waals surface area contributed by atoms with Crippen LogP contribution in [-0.2, 0) is 11.2 Å².